The first-order chi connectivity index (χ1) is 8.31. The van der Waals surface area contributed by atoms with Crippen molar-refractivity contribution in [3.05, 3.63) is 35.4 Å². The van der Waals surface area contributed by atoms with E-state index in [4.69, 9.17) is 5.84 Å². The lowest BCUT2D eigenvalue weighted by Gasteiger charge is -2.26. The van der Waals surface area contributed by atoms with Gasteiger partial charge in [-0.1, -0.05) is 32.9 Å². The summed E-state index contributed by atoms with van der Waals surface area (Å²) in [6.07, 6.45) is 0. The Bertz CT molecular complexity index is 410. The van der Waals surface area contributed by atoms with Crippen molar-refractivity contribution < 1.29 is 4.79 Å². The summed E-state index contributed by atoms with van der Waals surface area (Å²) < 4.78 is 0. The van der Waals surface area contributed by atoms with Crippen molar-refractivity contribution >= 4 is 5.91 Å². The maximum atomic E-state index is 11.4. The molecule has 4 nitrogen and oxygen atoms in total. The highest BCUT2D eigenvalue weighted by Crippen LogP contribution is 2.16. The minimum absolute atomic E-state index is 0.254. The van der Waals surface area contributed by atoms with Crippen LogP contribution < -0.4 is 11.3 Å². The molecule has 1 rings (SSSR count). The van der Waals surface area contributed by atoms with E-state index in [0.717, 1.165) is 18.7 Å². The van der Waals surface area contributed by atoms with Gasteiger partial charge in [0.2, 0.25) is 0 Å². The van der Waals surface area contributed by atoms with Crippen LogP contribution in [0.15, 0.2) is 24.3 Å². The van der Waals surface area contributed by atoms with Crippen molar-refractivity contribution in [3.63, 3.8) is 0 Å². The molecule has 0 aliphatic rings. The van der Waals surface area contributed by atoms with Gasteiger partial charge in [0, 0.05) is 18.7 Å². The number of nitrogen functional groups attached to an aromatic ring is 1. The third kappa shape index (κ3) is 4.85. The van der Waals surface area contributed by atoms with Crippen LogP contribution in [0.3, 0.4) is 0 Å². The molecular weight excluding hydrogens is 226 g/mol. The SMILES string of the molecule is CN(Cc1cccc(C(=O)NN)c1)CC(C)(C)C. The van der Waals surface area contributed by atoms with E-state index in [1.807, 2.05) is 18.2 Å². The highest BCUT2D eigenvalue weighted by Gasteiger charge is 2.14. The lowest BCUT2D eigenvalue weighted by molar-refractivity contribution is 0.0953. The lowest BCUT2D eigenvalue weighted by Crippen LogP contribution is -2.30. The smallest absolute Gasteiger partial charge is 0.265 e. The van der Waals surface area contributed by atoms with E-state index in [1.54, 1.807) is 6.07 Å². The number of rotatable bonds is 4. The first-order valence-electron chi connectivity index (χ1n) is 6.10. The molecule has 1 aromatic carbocycles. The van der Waals surface area contributed by atoms with Crippen LogP contribution in [-0.2, 0) is 6.54 Å². The second-order valence-corrected chi connectivity index (χ2v) is 5.91. The van der Waals surface area contributed by atoms with E-state index in [9.17, 15) is 4.79 Å². The van der Waals surface area contributed by atoms with Crippen molar-refractivity contribution in [2.45, 2.75) is 27.3 Å². The van der Waals surface area contributed by atoms with Gasteiger partial charge in [-0.2, -0.15) is 0 Å². The maximum absolute atomic E-state index is 11.4. The molecule has 0 aliphatic carbocycles. The van der Waals surface area contributed by atoms with Crippen molar-refractivity contribution in [2.75, 3.05) is 13.6 Å². The van der Waals surface area contributed by atoms with Crippen LogP contribution in [0, 0.1) is 5.41 Å². The van der Waals surface area contributed by atoms with E-state index >= 15 is 0 Å². The number of amides is 1. The lowest BCUT2D eigenvalue weighted by atomic mass is 9.96. The van der Waals surface area contributed by atoms with E-state index in [0.29, 0.717) is 5.56 Å². The minimum atomic E-state index is -0.254. The molecule has 18 heavy (non-hydrogen) atoms. The largest absolute Gasteiger partial charge is 0.302 e. The average Bonchev–Trinajstić information content (AvgIpc) is 2.25. The predicted octanol–water partition coefficient (Wildman–Crippen LogP) is 1.77. The van der Waals surface area contributed by atoms with Gasteiger partial charge in [0.1, 0.15) is 0 Å². The fourth-order valence-corrected chi connectivity index (χ4v) is 2.07. The van der Waals surface area contributed by atoms with Crippen LogP contribution in [0.2, 0.25) is 0 Å². The molecule has 4 heteroatoms. The van der Waals surface area contributed by atoms with Gasteiger partial charge in [0.15, 0.2) is 0 Å². The molecule has 0 aliphatic heterocycles. The molecule has 1 aromatic rings. The van der Waals surface area contributed by atoms with Crippen LogP contribution >= 0.6 is 0 Å². The maximum Gasteiger partial charge on any atom is 0.265 e. The monoisotopic (exact) mass is 249 g/mol. The van der Waals surface area contributed by atoms with Crippen molar-refractivity contribution in [3.8, 4) is 0 Å². The zero-order chi connectivity index (χ0) is 13.8. The summed E-state index contributed by atoms with van der Waals surface area (Å²) >= 11 is 0. The Hall–Kier alpha value is -1.39. The Morgan fingerprint density at radius 1 is 1.39 bits per heavy atom. The third-order valence-electron chi connectivity index (χ3n) is 2.52. The summed E-state index contributed by atoms with van der Waals surface area (Å²) in [6.45, 7) is 8.45. The second kappa shape index (κ2) is 5.98. The number of nitrogens with zero attached hydrogens (tertiary/aromatic N) is 1. The van der Waals surface area contributed by atoms with E-state index in [1.165, 1.54) is 0 Å². The van der Waals surface area contributed by atoms with Gasteiger partial charge in [-0.05, 0) is 30.2 Å². The van der Waals surface area contributed by atoms with Crippen LogP contribution in [0.1, 0.15) is 36.7 Å². The zero-order valence-corrected chi connectivity index (χ0v) is 11.7. The van der Waals surface area contributed by atoms with Crippen molar-refractivity contribution in [2.24, 2.45) is 11.3 Å². The summed E-state index contributed by atoms with van der Waals surface area (Å²) in [5.41, 5.74) is 4.12. The normalized spacial score (nSPS) is 11.7. The van der Waals surface area contributed by atoms with Gasteiger partial charge in [0.25, 0.3) is 5.91 Å². The van der Waals surface area contributed by atoms with Gasteiger partial charge in [-0.15, -0.1) is 0 Å². The molecule has 0 aromatic heterocycles. The number of carbonyl (C=O) groups excluding carboxylic acids is 1. The Kier molecular flexibility index (Phi) is 4.87. The molecule has 0 saturated heterocycles. The van der Waals surface area contributed by atoms with Gasteiger partial charge >= 0.3 is 0 Å². The summed E-state index contributed by atoms with van der Waals surface area (Å²) in [4.78, 5) is 13.7. The van der Waals surface area contributed by atoms with Crippen LogP contribution in [0.5, 0.6) is 0 Å². The fourth-order valence-electron chi connectivity index (χ4n) is 2.07. The first kappa shape index (κ1) is 14.7. The number of hydrogen-bond donors (Lipinski definition) is 2. The molecule has 0 bridgehead atoms. The van der Waals surface area contributed by atoms with Gasteiger partial charge < -0.3 is 4.90 Å². The highest BCUT2D eigenvalue weighted by molar-refractivity contribution is 5.93. The molecule has 0 radical (unpaired) electrons. The van der Waals surface area contributed by atoms with E-state index in [-0.39, 0.29) is 11.3 Å². The Morgan fingerprint density at radius 2 is 2.06 bits per heavy atom. The highest BCUT2D eigenvalue weighted by atomic mass is 16.2. The Morgan fingerprint density at radius 3 is 2.61 bits per heavy atom. The average molecular weight is 249 g/mol. The van der Waals surface area contributed by atoms with Crippen molar-refractivity contribution in [1.29, 1.82) is 0 Å². The molecule has 0 saturated carbocycles. The molecule has 0 atom stereocenters. The van der Waals surface area contributed by atoms with Crippen LogP contribution in [-0.4, -0.2) is 24.4 Å². The molecule has 0 heterocycles. The van der Waals surface area contributed by atoms with Crippen molar-refractivity contribution in [1.82, 2.24) is 10.3 Å². The number of carbonyl (C=O) groups is 1. The topological polar surface area (TPSA) is 58.4 Å². The number of benzene rings is 1. The van der Waals surface area contributed by atoms with Gasteiger partial charge in [0.05, 0.1) is 0 Å². The van der Waals surface area contributed by atoms with E-state index < -0.39 is 0 Å². The second-order valence-electron chi connectivity index (χ2n) is 5.91. The summed E-state index contributed by atoms with van der Waals surface area (Å²) in [5.74, 6) is 4.87. The molecule has 1 amide bonds. The molecule has 0 fully saturated rings. The standard InChI is InChI=1S/C14H23N3O/c1-14(2,3)10-17(4)9-11-6-5-7-12(8-11)13(18)16-15/h5-8H,9-10,15H2,1-4H3,(H,16,18). The predicted molar refractivity (Wildman–Crippen MR) is 73.9 cm³/mol. The van der Waals surface area contributed by atoms with Crippen LogP contribution in [0.25, 0.3) is 0 Å². The summed E-state index contributed by atoms with van der Waals surface area (Å²) in [6, 6.07) is 7.54. The molecule has 0 unspecified atom stereocenters. The molecular formula is C14H23N3O. The number of hydrazine groups is 1. The Labute approximate surface area is 109 Å². The summed E-state index contributed by atoms with van der Waals surface area (Å²) in [5, 5.41) is 0. The minimum Gasteiger partial charge on any atom is -0.302 e. The number of nitrogens with two attached hydrogens (primary N) is 1. The molecule has 0 spiro atoms. The third-order valence-corrected chi connectivity index (χ3v) is 2.52. The molecule has 3 N–H and O–H groups in total. The molecule has 100 valence electrons. The van der Waals surface area contributed by atoms with Gasteiger partial charge in [-0.3, -0.25) is 10.2 Å². The van der Waals surface area contributed by atoms with Gasteiger partial charge in [-0.25, -0.2) is 5.84 Å². The zero-order valence-electron chi connectivity index (χ0n) is 11.7. The summed E-state index contributed by atoms with van der Waals surface area (Å²) in [7, 11) is 2.08. The van der Waals surface area contributed by atoms with Crippen LogP contribution in [0.4, 0.5) is 0 Å². The first-order valence-corrected chi connectivity index (χ1v) is 6.10. The fraction of sp³-hybridized carbons (Fsp3) is 0.500. The Balaban J connectivity index is 2.70. The number of nitrogens with one attached hydrogen (secondary N) is 1. The number of hydrogen-bond acceptors (Lipinski definition) is 3. The quantitative estimate of drug-likeness (QED) is 0.486. The van der Waals surface area contributed by atoms with E-state index in [2.05, 4.69) is 38.1 Å².